The summed E-state index contributed by atoms with van der Waals surface area (Å²) in [5.74, 6) is 0. The summed E-state index contributed by atoms with van der Waals surface area (Å²) in [5, 5.41) is 8.83. The maximum Gasteiger partial charge on any atom is 0.266 e. The number of halogens is 4. The van der Waals surface area contributed by atoms with Crippen molar-refractivity contribution in [2.24, 2.45) is 0 Å². The summed E-state index contributed by atoms with van der Waals surface area (Å²) in [4.78, 5) is 3.82. The van der Waals surface area contributed by atoms with E-state index >= 15 is 0 Å². The molecule has 0 bridgehead atoms. The van der Waals surface area contributed by atoms with E-state index in [4.69, 9.17) is 5.11 Å². The van der Waals surface area contributed by atoms with Gasteiger partial charge in [0.1, 0.15) is 8.30 Å². The highest BCUT2D eigenvalue weighted by molar-refractivity contribution is 14.1. The fraction of sp³-hybridized carbons (Fsp3) is 0.286. The summed E-state index contributed by atoms with van der Waals surface area (Å²) >= 11 is 4.78. The lowest BCUT2D eigenvalue weighted by Gasteiger charge is -2.08. The maximum atomic E-state index is 12.4. The van der Waals surface area contributed by atoms with Crippen molar-refractivity contribution in [3.8, 4) is 0 Å². The van der Waals surface area contributed by atoms with Gasteiger partial charge in [-0.15, -0.1) is 0 Å². The zero-order valence-electron chi connectivity index (χ0n) is 6.27. The topological polar surface area (TPSA) is 33.1 Å². The van der Waals surface area contributed by atoms with Crippen LogP contribution in [0, 0.1) is 3.70 Å². The highest BCUT2D eigenvalue weighted by atomic mass is 127. The molecule has 1 rings (SSSR count). The Morgan fingerprint density at radius 2 is 2.23 bits per heavy atom. The van der Waals surface area contributed by atoms with Gasteiger partial charge in [0, 0.05) is 0 Å². The van der Waals surface area contributed by atoms with Gasteiger partial charge in [0.15, 0.2) is 0 Å². The molecule has 1 aromatic heterocycles. The number of nitrogens with zero attached hydrogens (tertiary/aromatic N) is 1. The largest absolute Gasteiger partial charge is 0.392 e. The predicted octanol–water partition coefficient (Wildman–Crippen LogP) is 2.88. The third-order valence-electron chi connectivity index (χ3n) is 1.46. The molecule has 0 aliphatic carbocycles. The van der Waals surface area contributed by atoms with Crippen LogP contribution >= 0.6 is 38.5 Å². The second kappa shape index (κ2) is 4.61. The Morgan fingerprint density at radius 1 is 1.62 bits per heavy atom. The third kappa shape index (κ3) is 2.57. The number of alkyl halides is 2. The van der Waals surface area contributed by atoms with E-state index in [-0.39, 0.29) is 14.8 Å². The molecule has 0 unspecified atom stereocenters. The molecule has 0 saturated heterocycles. The van der Waals surface area contributed by atoms with Crippen molar-refractivity contribution in [1.82, 2.24) is 4.98 Å². The van der Waals surface area contributed by atoms with Gasteiger partial charge in [-0.1, -0.05) is 0 Å². The Hall–Kier alpha value is 0.180. The van der Waals surface area contributed by atoms with E-state index in [9.17, 15) is 8.78 Å². The molecule has 0 aromatic carbocycles. The number of aliphatic hydroxyl groups excluding tert-OH is 1. The highest BCUT2D eigenvalue weighted by Gasteiger charge is 2.18. The Labute approximate surface area is 95.6 Å². The molecule has 1 aromatic rings. The van der Waals surface area contributed by atoms with Crippen LogP contribution in [0.25, 0.3) is 0 Å². The van der Waals surface area contributed by atoms with Crippen LogP contribution in [0.5, 0.6) is 0 Å². The van der Waals surface area contributed by atoms with Crippen LogP contribution in [0.1, 0.15) is 17.6 Å². The van der Waals surface area contributed by atoms with Crippen molar-refractivity contribution >= 4 is 38.5 Å². The van der Waals surface area contributed by atoms with E-state index in [0.29, 0.717) is 4.60 Å². The minimum absolute atomic E-state index is 0.189. The minimum atomic E-state index is -2.60. The molecule has 0 atom stereocenters. The summed E-state index contributed by atoms with van der Waals surface area (Å²) < 4.78 is 25.5. The number of aromatic nitrogens is 1. The van der Waals surface area contributed by atoms with Crippen LogP contribution in [-0.2, 0) is 6.61 Å². The molecule has 0 amide bonds. The quantitative estimate of drug-likeness (QED) is 0.647. The number of hydrogen-bond acceptors (Lipinski definition) is 2. The number of aliphatic hydroxyl groups is 1. The fourth-order valence-corrected chi connectivity index (χ4v) is 2.53. The van der Waals surface area contributed by atoms with Crippen molar-refractivity contribution in [2.45, 2.75) is 13.0 Å². The molecule has 0 fully saturated rings. The predicted molar refractivity (Wildman–Crippen MR) is 55.5 cm³/mol. The first-order chi connectivity index (χ1) is 6.06. The standard InChI is InChI=1S/C7H5BrF2INO/c8-4-1-3(2-13)5(6(9)10)7(11)12-4/h1,6,13H,2H2. The van der Waals surface area contributed by atoms with Gasteiger partial charge in [0.25, 0.3) is 6.43 Å². The van der Waals surface area contributed by atoms with Crippen LogP contribution in [0.15, 0.2) is 10.7 Å². The maximum absolute atomic E-state index is 12.4. The van der Waals surface area contributed by atoms with Gasteiger partial charge < -0.3 is 5.11 Å². The molecular formula is C7H5BrF2INO. The van der Waals surface area contributed by atoms with Gasteiger partial charge in [0.2, 0.25) is 0 Å². The molecular weight excluding hydrogens is 359 g/mol. The van der Waals surface area contributed by atoms with Crippen molar-refractivity contribution < 1.29 is 13.9 Å². The van der Waals surface area contributed by atoms with Gasteiger partial charge in [-0.3, -0.25) is 0 Å². The Balaban J connectivity index is 3.30. The normalized spacial score (nSPS) is 10.9. The summed E-state index contributed by atoms with van der Waals surface area (Å²) in [6.07, 6.45) is -2.60. The Kier molecular flexibility index (Phi) is 3.99. The molecule has 13 heavy (non-hydrogen) atoms. The molecule has 1 N–H and O–H groups in total. The fourth-order valence-electron chi connectivity index (χ4n) is 0.901. The Morgan fingerprint density at radius 3 is 2.69 bits per heavy atom. The zero-order chi connectivity index (χ0) is 10.0. The lowest BCUT2D eigenvalue weighted by atomic mass is 10.1. The van der Waals surface area contributed by atoms with Gasteiger partial charge in [-0.2, -0.15) is 0 Å². The molecule has 6 heteroatoms. The summed E-state index contributed by atoms with van der Waals surface area (Å²) in [6, 6.07) is 1.39. The number of pyridine rings is 1. The average Bonchev–Trinajstić information content (AvgIpc) is 2.01. The van der Waals surface area contributed by atoms with Crippen LogP contribution < -0.4 is 0 Å². The molecule has 0 aliphatic rings. The zero-order valence-corrected chi connectivity index (χ0v) is 10.0. The second-order valence-electron chi connectivity index (χ2n) is 2.27. The molecule has 0 saturated carbocycles. The van der Waals surface area contributed by atoms with Crippen molar-refractivity contribution in [1.29, 1.82) is 0 Å². The van der Waals surface area contributed by atoms with Crippen molar-refractivity contribution in [3.05, 3.63) is 25.5 Å². The summed E-state index contributed by atoms with van der Waals surface area (Å²) in [5.41, 5.74) is 0.0209. The van der Waals surface area contributed by atoms with Crippen molar-refractivity contribution in [3.63, 3.8) is 0 Å². The van der Waals surface area contributed by atoms with Crippen molar-refractivity contribution in [2.75, 3.05) is 0 Å². The summed E-state index contributed by atoms with van der Waals surface area (Å²) in [7, 11) is 0. The average molecular weight is 364 g/mol. The molecule has 0 spiro atoms. The van der Waals surface area contributed by atoms with Gasteiger partial charge in [0.05, 0.1) is 12.2 Å². The van der Waals surface area contributed by atoms with E-state index in [1.165, 1.54) is 6.07 Å². The van der Waals surface area contributed by atoms with Gasteiger partial charge in [-0.05, 0) is 50.2 Å². The highest BCUT2D eigenvalue weighted by Crippen LogP contribution is 2.28. The SMILES string of the molecule is OCc1cc(Br)nc(I)c1C(F)F. The second-order valence-corrected chi connectivity index (χ2v) is 4.10. The molecule has 0 radical (unpaired) electrons. The van der Waals surface area contributed by atoms with E-state index in [1.54, 1.807) is 22.6 Å². The van der Waals surface area contributed by atoms with Gasteiger partial charge in [-0.25, -0.2) is 13.8 Å². The third-order valence-corrected chi connectivity index (χ3v) is 2.68. The van der Waals surface area contributed by atoms with E-state index in [1.807, 2.05) is 0 Å². The first-order valence-corrected chi connectivity index (χ1v) is 5.17. The van der Waals surface area contributed by atoms with Crippen LogP contribution in [0.3, 0.4) is 0 Å². The lowest BCUT2D eigenvalue weighted by Crippen LogP contribution is -2.01. The van der Waals surface area contributed by atoms with Crippen LogP contribution in [0.4, 0.5) is 8.78 Å². The minimum Gasteiger partial charge on any atom is -0.392 e. The summed E-state index contributed by atoms with van der Waals surface area (Å²) in [6.45, 7) is -0.406. The number of hydrogen-bond donors (Lipinski definition) is 1. The molecule has 72 valence electrons. The Bertz CT molecular complexity index is 322. The van der Waals surface area contributed by atoms with Crippen LogP contribution in [-0.4, -0.2) is 10.1 Å². The molecule has 1 heterocycles. The first kappa shape index (κ1) is 11.3. The monoisotopic (exact) mass is 363 g/mol. The van der Waals surface area contributed by atoms with Gasteiger partial charge >= 0.3 is 0 Å². The number of rotatable bonds is 2. The van der Waals surface area contributed by atoms with E-state index in [2.05, 4.69) is 20.9 Å². The van der Waals surface area contributed by atoms with Crippen LogP contribution in [0.2, 0.25) is 0 Å². The smallest absolute Gasteiger partial charge is 0.266 e. The molecule has 2 nitrogen and oxygen atoms in total. The lowest BCUT2D eigenvalue weighted by molar-refractivity contribution is 0.145. The van der Waals surface area contributed by atoms with E-state index < -0.39 is 13.0 Å². The molecule has 0 aliphatic heterocycles. The first-order valence-electron chi connectivity index (χ1n) is 3.30. The van der Waals surface area contributed by atoms with E-state index in [0.717, 1.165) is 0 Å².